The molecule has 2 heterocycles. The molecule has 7 heteroatoms. The fourth-order valence-electron chi connectivity index (χ4n) is 2.99. The molecule has 2 aromatic rings. The van der Waals surface area contributed by atoms with E-state index < -0.39 is 0 Å². The number of piperazine rings is 1. The van der Waals surface area contributed by atoms with Gasteiger partial charge in [0, 0.05) is 56.2 Å². The summed E-state index contributed by atoms with van der Waals surface area (Å²) in [6.45, 7) is 5.40. The zero-order chi connectivity index (χ0) is 19.1. The molecule has 2 amide bonds. The second-order valence-corrected chi connectivity index (χ2v) is 6.51. The summed E-state index contributed by atoms with van der Waals surface area (Å²) in [6, 6.07) is 8.66. The van der Waals surface area contributed by atoms with E-state index >= 15 is 0 Å². The van der Waals surface area contributed by atoms with Crippen LogP contribution in [0.5, 0.6) is 0 Å². The molecule has 1 aromatic carbocycles. The van der Waals surface area contributed by atoms with Gasteiger partial charge >= 0.3 is 0 Å². The lowest BCUT2D eigenvalue weighted by molar-refractivity contribution is 0.0745. The summed E-state index contributed by atoms with van der Waals surface area (Å²) in [5.74, 6) is 0.587. The molecule has 1 N–H and O–H groups in total. The number of hydrogen-bond acceptors (Lipinski definition) is 5. The highest BCUT2D eigenvalue weighted by Crippen LogP contribution is 2.13. The molecule has 1 fully saturated rings. The van der Waals surface area contributed by atoms with Crippen LogP contribution in [0, 0.1) is 0 Å². The predicted molar refractivity (Wildman–Crippen MR) is 104 cm³/mol. The predicted octanol–water partition coefficient (Wildman–Crippen LogP) is 1.97. The smallest absolute Gasteiger partial charge is 0.253 e. The van der Waals surface area contributed by atoms with Crippen molar-refractivity contribution in [1.82, 2.24) is 20.2 Å². The first kappa shape index (κ1) is 18.8. The molecule has 142 valence electrons. The molecular weight excluding hydrogens is 342 g/mol. The molecule has 0 saturated carbocycles. The Kier molecular flexibility index (Phi) is 6.35. The van der Waals surface area contributed by atoms with Crippen LogP contribution in [0.3, 0.4) is 0 Å². The molecule has 1 saturated heterocycles. The van der Waals surface area contributed by atoms with E-state index in [1.807, 2.05) is 4.90 Å². The second-order valence-electron chi connectivity index (χ2n) is 6.51. The van der Waals surface area contributed by atoms with Crippen molar-refractivity contribution in [3.05, 3.63) is 53.9 Å². The number of benzene rings is 1. The largest absolute Gasteiger partial charge is 0.352 e. The number of carbonyl (C=O) groups is 2. The molecule has 27 heavy (non-hydrogen) atoms. The van der Waals surface area contributed by atoms with Crippen molar-refractivity contribution < 1.29 is 9.59 Å². The van der Waals surface area contributed by atoms with Crippen LogP contribution in [0.1, 0.15) is 40.5 Å². The van der Waals surface area contributed by atoms with E-state index in [9.17, 15) is 9.59 Å². The summed E-state index contributed by atoms with van der Waals surface area (Å²) < 4.78 is 0. The van der Waals surface area contributed by atoms with Gasteiger partial charge in [0.1, 0.15) is 0 Å². The molecule has 1 aromatic heterocycles. The molecular formula is C20H25N5O2. The van der Waals surface area contributed by atoms with E-state index in [1.165, 1.54) is 0 Å². The van der Waals surface area contributed by atoms with E-state index in [4.69, 9.17) is 0 Å². The Morgan fingerprint density at radius 2 is 1.63 bits per heavy atom. The third kappa shape index (κ3) is 4.81. The van der Waals surface area contributed by atoms with Crippen LogP contribution in [0.25, 0.3) is 0 Å². The molecule has 0 aliphatic carbocycles. The second kappa shape index (κ2) is 9.12. The average Bonchev–Trinajstić information content (AvgIpc) is 2.74. The van der Waals surface area contributed by atoms with Crippen molar-refractivity contribution in [3.8, 4) is 0 Å². The van der Waals surface area contributed by atoms with Gasteiger partial charge < -0.3 is 15.1 Å². The Morgan fingerprint density at radius 3 is 2.26 bits per heavy atom. The monoisotopic (exact) mass is 367 g/mol. The quantitative estimate of drug-likeness (QED) is 0.790. The minimum absolute atomic E-state index is 0.0124. The Balaban J connectivity index is 1.54. The lowest BCUT2D eigenvalue weighted by Gasteiger charge is -2.34. The van der Waals surface area contributed by atoms with Crippen molar-refractivity contribution in [3.63, 3.8) is 0 Å². The van der Waals surface area contributed by atoms with Gasteiger partial charge in [-0.3, -0.25) is 9.59 Å². The SMILES string of the molecule is CCCCNC(=O)c1ccc(C(=O)N2CCN(c3ncccn3)CC2)cc1. The third-order valence-corrected chi connectivity index (χ3v) is 4.61. The summed E-state index contributed by atoms with van der Waals surface area (Å²) in [7, 11) is 0. The number of anilines is 1. The van der Waals surface area contributed by atoms with E-state index in [2.05, 4.69) is 27.1 Å². The topological polar surface area (TPSA) is 78.4 Å². The van der Waals surface area contributed by atoms with E-state index in [-0.39, 0.29) is 11.8 Å². The van der Waals surface area contributed by atoms with Crippen molar-refractivity contribution in [2.45, 2.75) is 19.8 Å². The molecule has 1 aliphatic rings. The molecule has 0 spiro atoms. The number of hydrogen-bond donors (Lipinski definition) is 1. The van der Waals surface area contributed by atoms with Crippen LogP contribution in [0.15, 0.2) is 42.7 Å². The summed E-state index contributed by atoms with van der Waals surface area (Å²) >= 11 is 0. The van der Waals surface area contributed by atoms with Crippen molar-refractivity contribution >= 4 is 17.8 Å². The first-order valence-corrected chi connectivity index (χ1v) is 9.38. The van der Waals surface area contributed by atoms with Gasteiger partial charge in [-0.1, -0.05) is 13.3 Å². The Hall–Kier alpha value is -2.96. The first-order chi connectivity index (χ1) is 13.2. The molecule has 0 radical (unpaired) electrons. The molecule has 7 nitrogen and oxygen atoms in total. The Morgan fingerprint density at radius 1 is 1.00 bits per heavy atom. The van der Waals surface area contributed by atoms with Crippen LogP contribution < -0.4 is 10.2 Å². The highest BCUT2D eigenvalue weighted by atomic mass is 16.2. The van der Waals surface area contributed by atoms with Crippen LogP contribution in [0.4, 0.5) is 5.95 Å². The van der Waals surface area contributed by atoms with Gasteiger partial charge in [-0.2, -0.15) is 0 Å². The maximum absolute atomic E-state index is 12.7. The number of rotatable bonds is 6. The maximum Gasteiger partial charge on any atom is 0.253 e. The normalized spacial score (nSPS) is 14.1. The minimum atomic E-state index is -0.0982. The maximum atomic E-state index is 12.7. The van der Waals surface area contributed by atoms with E-state index in [0.29, 0.717) is 49.8 Å². The molecule has 3 rings (SSSR count). The lowest BCUT2D eigenvalue weighted by atomic mass is 10.1. The standard InChI is InChI=1S/C20H25N5O2/c1-2-3-9-21-18(26)16-5-7-17(8-6-16)19(27)24-12-14-25(15-13-24)20-22-10-4-11-23-20/h4-8,10-11H,2-3,9,12-15H2,1H3,(H,21,26). The van der Waals surface area contributed by atoms with Crippen LogP contribution >= 0.6 is 0 Å². The number of amides is 2. The molecule has 1 aliphatic heterocycles. The molecule has 0 bridgehead atoms. The van der Waals surface area contributed by atoms with Gasteiger partial charge in [-0.25, -0.2) is 9.97 Å². The number of unbranched alkanes of at least 4 members (excludes halogenated alkanes) is 1. The fourth-order valence-corrected chi connectivity index (χ4v) is 2.99. The van der Waals surface area contributed by atoms with E-state index in [1.54, 1.807) is 42.7 Å². The van der Waals surface area contributed by atoms with Crippen LogP contribution in [-0.4, -0.2) is 59.4 Å². The van der Waals surface area contributed by atoms with Crippen LogP contribution in [0.2, 0.25) is 0 Å². The van der Waals surface area contributed by atoms with Crippen molar-refractivity contribution in [2.24, 2.45) is 0 Å². The summed E-state index contributed by atoms with van der Waals surface area (Å²) in [6.07, 6.45) is 5.44. The minimum Gasteiger partial charge on any atom is -0.352 e. The van der Waals surface area contributed by atoms with Gasteiger partial charge in [-0.05, 0) is 36.8 Å². The number of aromatic nitrogens is 2. The Bertz CT molecular complexity index is 756. The summed E-state index contributed by atoms with van der Waals surface area (Å²) in [5.41, 5.74) is 1.18. The zero-order valence-electron chi connectivity index (χ0n) is 15.6. The zero-order valence-corrected chi connectivity index (χ0v) is 15.6. The molecule has 0 unspecified atom stereocenters. The molecule has 0 atom stereocenters. The van der Waals surface area contributed by atoms with Crippen LogP contribution in [-0.2, 0) is 0 Å². The van der Waals surface area contributed by atoms with Crippen molar-refractivity contribution in [1.29, 1.82) is 0 Å². The highest BCUT2D eigenvalue weighted by molar-refractivity contribution is 5.97. The lowest BCUT2D eigenvalue weighted by Crippen LogP contribution is -2.49. The number of carbonyl (C=O) groups excluding carboxylic acids is 2. The first-order valence-electron chi connectivity index (χ1n) is 9.38. The van der Waals surface area contributed by atoms with E-state index in [0.717, 1.165) is 12.8 Å². The average molecular weight is 367 g/mol. The Labute approximate surface area is 159 Å². The van der Waals surface area contributed by atoms with Gasteiger partial charge in [0.2, 0.25) is 5.95 Å². The number of nitrogens with zero attached hydrogens (tertiary/aromatic N) is 4. The highest BCUT2D eigenvalue weighted by Gasteiger charge is 2.23. The van der Waals surface area contributed by atoms with Gasteiger partial charge in [0.05, 0.1) is 0 Å². The number of nitrogens with one attached hydrogen (secondary N) is 1. The fraction of sp³-hybridized carbons (Fsp3) is 0.400. The third-order valence-electron chi connectivity index (χ3n) is 4.61. The van der Waals surface area contributed by atoms with Gasteiger partial charge in [0.15, 0.2) is 0 Å². The van der Waals surface area contributed by atoms with Crippen molar-refractivity contribution in [2.75, 3.05) is 37.6 Å². The summed E-state index contributed by atoms with van der Waals surface area (Å²) in [5, 5.41) is 2.88. The van der Waals surface area contributed by atoms with Gasteiger partial charge in [0.25, 0.3) is 11.8 Å². The van der Waals surface area contributed by atoms with Gasteiger partial charge in [-0.15, -0.1) is 0 Å². The summed E-state index contributed by atoms with van der Waals surface area (Å²) in [4.78, 5) is 37.2.